The minimum Gasteiger partial charge on any atom is -0.312 e. The number of nitrogens with one attached hydrogen (secondary N) is 1. The Bertz CT molecular complexity index is 520. The molecule has 96 valence electrons. The maximum Gasteiger partial charge on any atom is 0.0492 e. The van der Waals surface area contributed by atoms with Gasteiger partial charge in [0.1, 0.15) is 0 Å². The van der Waals surface area contributed by atoms with E-state index in [9.17, 15) is 0 Å². The summed E-state index contributed by atoms with van der Waals surface area (Å²) in [5.41, 5.74) is 3.58. The molecule has 0 radical (unpaired) electrons. The summed E-state index contributed by atoms with van der Waals surface area (Å²) in [6.45, 7) is 3.80. The lowest BCUT2D eigenvalue weighted by atomic mass is 10.1. The first-order chi connectivity index (χ1) is 8.66. The highest BCUT2D eigenvalue weighted by Crippen LogP contribution is 2.16. The third-order valence-corrected chi connectivity index (χ3v) is 3.45. The van der Waals surface area contributed by atoms with Crippen LogP contribution in [0.15, 0.2) is 30.5 Å². The van der Waals surface area contributed by atoms with Crippen molar-refractivity contribution in [3.05, 3.63) is 52.3 Å². The fourth-order valence-corrected chi connectivity index (χ4v) is 2.05. The zero-order valence-corrected chi connectivity index (χ0v) is 11.5. The van der Waals surface area contributed by atoms with Crippen molar-refractivity contribution in [1.29, 1.82) is 0 Å². The van der Waals surface area contributed by atoms with Crippen LogP contribution in [0.1, 0.15) is 16.8 Å². The minimum atomic E-state index is 0.834. The van der Waals surface area contributed by atoms with E-state index < -0.39 is 0 Å². The molecule has 2 rings (SSSR count). The lowest BCUT2D eigenvalue weighted by Crippen LogP contribution is -2.17. The molecule has 0 amide bonds. The van der Waals surface area contributed by atoms with Gasteiger partial charge in [-0.1, -0.05) is 23.7 Å². The molecule has 3 nitrogen and oxygen atoms in total. The summed E-state index contributed by atoms with van der Waals surface area (Å²) in [7, 11) is 1.97. The molecule has 0 aliphatic rings. The van der Waals surface area contributed by atoms with Crippen LogP contribution in [0.4, 0.5) is 0 Å². The Balaban J connectivity index is 1.78. The van der Waals surface area contributed by atoms with Crippen molar-refractivity contribution in [2.24, 2.45) is 7.05 Å². The van der Waals surface area contributed by atoms with E-state index in [1.165, 1.54) is 11.3 Å². The molecular formula is C14H18ClN3. The molecule has 0 bridgehead atoms. The zero-order chi connectivity index (χ0) is 13.0. The van der Waals surface area contributed by atoms with E-state index in [4.69, 9.17) is 11.6 Å². The Morgan fingerprint density at radius 3 is 2.83 bits per heavy atom. The number of halogens is 1. The van der Waals surface area contributed by atoms with Crippen molar-refractivity contribution >= 4 is 11.6 Å². The standard InChI is InChI=1S/C14H18ClN3/c1-11-3-4-12(9-14(11)15)10-16-7-5-13-6-8-17-18(13)2/h3-4,6,8-9,16H,5,7,10H2,1-2H3. The van der Waals surface area contributed by atoms with Crippen LogP contribution in [0.5, 0.6) is 0 Å². The Morgan fingerprint density at radius 2 is 2.17 bits per heavy atom. The van der Waals surface area contributed by atoms with Crippen LogP contribution in [0.3, 0.4) is 0 Å². The highest BCUT2D eigenvalue weighted by Gasteiger charge is 2.00. The Labute approximate surface area is 113 Å². The fourth-order valence-electron chi connectivity index (χ4n) is 1.84. The maximum atomic E-state index is 6.09. The van der Waals surface area contributed by atoms with Gasteiger partial charge in [0.2, 0.25) is 0 Å². The van der Waals surface area contributed by atoms with Crippen LogP contribution in [-0.4, -0.2) is 16.3 Å². The normalized spacial score (nSPS) is 10.8. The van der Waals surface area contributed by atoms with E-state index in [1.54, 1.807) is 0 Å². The van der Waals surface area contributed by atoms with Crippen LogP contribution in [0.25, 0.3) is 0 Å². The Hall–Kier alpha value is -1.32. The second-order valence-electron chi connectivity index (χ2n) is 4.46. The van der Waals surface area contributed by atoms with E-state index in [-0.39, 0.29) is 0 Å². The molecule has 0 aliphatic heterocycles. The van der Waals surface area contributed by atoms with Crippen LogP contribution >= 0.6 is 11.6 Å². The van der Waals surface area contributed by atoms with Crippen LogP contribution in [-0.2, 0) is 20.0 Å². The molecule has 1 N–H and O–H groups in total. The van der Waals surface area contributed by atoms with Crippen molar-refractivity contribution in [1.82, 2.24) is 15.1 Å². The van der Waals surface area contributed by atoms with E-state index in [0.717, 1.165) is 30.1 Å². The number of aromatic nitrogens is 2. The third-order valence-electron chi connectivity index (χ3n) is 3.05. The van der Waals surface area contributed by atoms with Crippen molar-refractivity contribution in [2.45, 2.75) is 19.9 Å². The third kappa shape index (κ3) is 3.34. The highest BCUT2D eigenvalue weighted by atomic mass is 35.5. The van der Waals surface area contributed by atoms with Gasteiger partial charge in [-0.15, -0.1) is 0 Å². The van der Waals surface area contributed by atoms with Gasteiger partial charge in [-0.25, -0.2) is 0 Å². The summed E-state index contributed by atoms with van der Waals surface area (Å²) >= 11 is 6.09. The molecule has 0 saturated carbocycles. The minimum absolute atomic E-state index is 0.834. The first kappa shape index (κ1) is 13.1. The number of benzene rings is 1. The second kappa shape index (κ2) is 6.03. The Kier molecular flexibility index (Phi) is 4.39. The Morgan fingerprint density at radius 1 is 1.33 bits per heavy atom. The van der Waals surface area contributed by atoms with Crippen LogP contribution in [0, 0.1) is 6.92 Å². The molecule has 0 fully saturated rings. The number of hydrogen-bond donors (Lipinski definition) is 1. The van der Waals surface area contributed by atoms with Crippen molar-refractivity contribution < 1.29 is 0 Å². The predicted molar refractivity (Wildman–Crippen MR) is 74.8 cm³/mol. The molecule has 1 heterocycles. The van der Waals surface area contributed by atoms with Crippen molar-refractivity contribution in [3.63, 3.8) is 0 Å². The number of nitrogens with zero attached hydrogens (tertiary/aromatic N) is 2. The lowest BCUT2D eigenvalue weighted by molar-refractivity contribution is 0.643. The SMILES string of the molecule is Cc1ccc(CNCCc2ccnn2C)cc1Cl. The number of rotatable bonds is 5. The van der Waals surface area contributed by atoms with Crippen molar-refractivity contribution in [2.75, 3.05) is 6.54 Å². The molecule has 0 atom stereocenters. The first-order valence-electron chi connectivity index (χ1n) is 6.09. The summed E-state index contributed by atoms with van der Waals surface area (Å²) < 4.78 is 1.91. The van der Waals surface area contributed by atoms with Gasteiger partial charge >= 0.3 is 0 Å². The van der Waals surface area contributed by atoms with Crippen LogP contribution in [0.2, 0.25) is 5.02 Å². The molecule has 4 heteroatoms. The smallest absolute Gasteiger partial charge is 0.0492 e. The van der Waals surface area contributed by atoms with E-state index in [2.05, 4.69) is 22.5 Å². The average Bonchev–Trinajstić information content (AvgIpc) is 2.75. The highest BCUT2D eigenvalue weighted by molar-refractivity contribution is 6.31. The molecule has 0 aliphatic carbocycles. The fraction of sp³-hybridized carbons (Fsp3) is 0.357. The topological polar surface area (TPSA) is 29.9 Å². The zero-order valence-electron chi connectivity index (χ0n) is 10.8. The number of hydrogen-bond acceptors (Lipinski definition) is 2. The van der Waals surface area contributed by atoms with Gasteiger partial charge in [-0.3, -0.25) is 4.68 Å². The number of aryl methyl sites for hydroxylation is 2. The van der Waals surface area contributed by atoms with Crippen LogP contribution < -0.4 is 5.32 Å². The van der Waals surface area contributed by atoms with E-state index >= 15 is 0 Å². The summed E-state index contributed by atoms with van der Waals surface area (Å²) in [5.74, 6) is 0. The largest absolute Gasteiger partial charge is 0.312 e. The van der Waals surface area contributed by atoms with Gasteiger partial charge in [0, 0.05) is 43.5 Å². The molecule has 18 heavy (non-hydrogen) atoms. The molecule has 0 spiro atoms. The van der Waals surface area contributed by atoms with Gasteiger partial charge in [-0.2, -0.15) is 5.10 Å². The van der Waals surface area contributed by atoms with Gasteiger partial charge in [0.15, 0.2) is 0 Å². The molecule has 1 aromatic carbocycles. The summed E-state index contributed by atoms with van der Waals surface area (Å²) in [6, 6.07) is 8.23. The lowest BCUT2D eigenvalue weighted by Gasteiger charge is -2.07. The van der Waals surface area contributed by atoms with Gasteiger partial charge in [-0.05, 0) is 30.2 Å². The quantitative estimate of drug-likeness (QED) is 0.841. The van der Waals surface area contributed by atoms with E-state index in [1.807, 2.05) is 37.0 Å². The molecule has 0 saturated heterocycles. The first-order valence-corrected chi connectivity index (χ1v) is 6.47. The van der Waals surface area contributed by atoms with Gasteiger partial charge < -0.3 is 5.32 Å². The van der Waals surface area contributed by atoms with Gasteiger partial charge in [0.05, 0.1) is 0 Å². The summed E-state index contributed by atoms with van der Waals surface area (Å²) in [6.07, 6.45) is 2.81. The molecular weight excluding hydrogens is 246 g/mol. The summed E-state index contributed by atoms with van der Waals surface area (Å²) in [4.78, 5) is 0. The predicted octanol–water partition coefficient (Wildman–Crippen LogP) is 2.71. The second-order valence-corrected chi connectivity index (χ2v) is 4.86. The monoisotopic (exact) mass is 263 g/mol. The molecule has 0 unspecified atom stereocenters. The average molecular weight is 264 g/mol. The molecule has 1 aromatic heterocycles. The molecule has 2 aromatic rings. The maximum absolute atomic E-state index is 6.09. The summed E-state index contributed by atoms with van der Waals surface area (Å²) in [5, 5.41) is 8.39. The van der Waals surface area contributed by atoms with E-state index in [0.29, 0.717) is 0 Å². The van der Waals surface area contributed by atoms with Crippen molar-refractivity contribution in [3.8, 4) is 0 Å². The van der Waals surface area contributed by atoms with Gasteiger partial charge in [0.25, 0.3) is 0 Å².